The van der Waals surface area contributed by atoms with Crippen molar-refractivity contribution >= 4 is 23.1 Å². The fraction of sp³-hybridized carbons (Fsp3) is 0.333. The number of aliphatic carboxylic acids is 1. The van der Waals surface area contributed by atoms with Gasteiger partial charge in [0.25, 0.3) is 0 Å². The van der Waals surface area contributed by atoms with Gasteiger partial charge in [0, 0.05) is 30.6 Å². The molecule has 154 valence electrons. The maximum absolute atomic E-state index is 12.7. The molecule has 5 rings (SSSR count). The van der Waals surface area contributed by atoms with Crippen LogP contribution >= 0.6 is 0 Å². The third-order valence-electron chi connectivity index (χ3n) is 6.14. The van der Waals surface area contributed by atoms with Crippen molar-refractivity contribution in [3.05, 3.63) is 70.3 Å². The topological polar surface area (TPSA) is 76.1 Å². The number of hydrogen-bond donors (Lipinski definition) is 1. The molecule has 2 heterocycles. The standard InChI is InChI=1S/C24H23NO5/c26-21-12-16-3-1-2-4-18(16)22(21)23-19-6-5-15(11-17(19)13-30-23)7-8-25-9-10-29-14-20(25)24(27)28/h1-6,11,20H,7-10,12-14H2,(H,27,28)/b23-22+. The van der Waals surface area contributed by atoms with Crippen LogP contribution in [-0.2, 0) is 38.5 Å². The molecular formula is C24H23NO5. The van der Waals surface area contributed by atoms with E-state index in [4.69, 9.17) is 9.47 Å². The normalized spacial score (nSPS) is 23.2. The number of hydrogen-bond acceptors (Lipinski definition) is 5. The molecule has 6 heteroatoms. The van der Waals surface area contributed by atoms with Crippen molar-refractivity contribution in [2.75, 3.05) is 26.3 Å². The van der Waals surface area contributed by atoms with Gasteiger partial charge in [0.2, 0.25) is 0 Å². The number of ether oxygens (including phenoxy) is 2. The number of rotatable bonds is 4. The maximum Gasteiger partial charge on any atom is 0.323 e. The predicted octanol–water partition coefficient (Wildman–Crippen LogP) is 2.54. The van der Waals surface area contributed by atoms with Crippen LogP contribution < -0.4 is 0 Å². The zero-order valence-electron chi connectivity index (χ0n) is 16.6. The van der Waals surface area contributed by atoms with E-state index in [-0.39, 0.29) is 12.4 Å². The number of carbonyl (C=O) groups is 2. The molecule has 0 bridgehead atoms. The fourth-order valence-electron chi connectivity index (χ4n) is 4.56. The van der Waals surface area contributed by atoms with Crippen LogP contribution in [0.3, 0.4) is 0 Å². The summed E-state index contributed by atoms with van der Waals surface area (Å²) in [6, 6.07) is 13.5. The number of nitrogens with zero attached hydrogens (tertiary/aromatic N) is 1. The summed E-state index contributed by atoms with van der Waals surface area (Å²) in [6.45, 7) is 2.54. The number of morpholine rings is 1. The predicted molar refractivity (Wildman–Crippen MR) is 111 cm³/mol. The van der Waals surface area contributed by atoms with Gasteiger partial charge in [0.1, 0.15) is 18.4 Å². The molecule has 1 aliphatic carbocycles. The number of carboxylic acid groups (broad SMARTS) is 1. The number of carbonyl (C=O) groups excluding carboxylic acids is 1. The Morgan fingerprint density at radius 2 is 2.00 bits per heavy atom. The van der Waals surface area contributed by atoms with Gasteiger partial charge in [-0.05, 0) is 23.1 Å². The Kier molecular flexibility index (Phi) is 4.89. The minimum Gasteiger partial charge on any atom is -0.487 e. The molecule has 1 atom stereocenters. The summed E-state index contributed by atoms with van der Waals surface area (Å²) < 4.78 is 11.3. The van der Waals surface area contributed by atoms with Gasteiger partial charge >= 0.3 is 5.97 Å². The molecule has 0 radical (unpaired) electrons. The van der Waals surface area contributed by atoms with Gasteiger partial charge in [-0.25, -0.2) is 0 Å². The number of benzene rings is 2. The molecule has 6 nitrogen and oxygen atoms in total. The second kappa shape index (κ2) is 7.70. The molecular weight excluding hydrogens is 382 g/mol. The van der Waals surface area contributed by atoms with Crippen molar-refractivity contribution in [1.82, 2.24) is 4.90 Å². The summed E-state index contributed by atoms with van der Waals surface area (Å²) >= 11 is 0. The average Bonchev–Trinajstić information content (AvgIpc) is 3.31. The molecule has 0 saturated carbocycles. The summed E-state index contributed by atoms with van der Waals surface area (Å²) in [7, 11) is 0. The van der Waals surface area contributed by atoms with Crippen LogP contribution in [0.15, 0.2) is 42.5 Å². The first-order valence-electron chi connectivity index (χ1n) is 10.3. The lowest BCUT2D eigenvalue weighted by atomic mass is 9.98. The molecule has 0 spiro atoms. The van der Waals surface area contributed by atoms with Crippen molar-refractivity contribution in [3.63, 3.8) is 0 Å². The van der Waals surface area contributed by atoms with E-state index in [2.05, 4.69) is 12.1 Å². The van der Waals surface area contributed by atoms with Crippen LogP contribution in [0.1, 0.15) is 27.8 Å². The Labute approximate surface area is 174 Å². The molecule has 3 aliphatic rings. The molecule has 1 fully saturated rings. The summed E-state index contributed by atoms with van der Waals surface area (Å²) in [5.74, 6) is -0.0457. The summed E-state index contributed by atoms with van der Waals surface area (Å²) in [4.78, 5) is 26.1. The van der Waals surface area contributed by atoms with Crippen LogP contribution in [-0.4, -0.2) is 54.1 Å². The van der Waals surface area contributed by atoms with E-state index in [0.717, 1.165) is 34.2 Å². The highest BCUT2D eigenvalue weighted by atomic mass is 16.5. The Hall–Kier alpha value is -2.96. The first kappa shape index (κ1) is 19.0. The third-order valence-corrected chi connectivity index (χ3v) is 6.14. The molecule has 1 unspecified atom stereocenters. The largest absolute Gasteiger partial charge is 0.487 e. The fourth-order valence-corrected chi connectivity index (χ4v) is 4.56. The molecule has 1 saturated heterocycles. The number of allylic oxidation sites excluding steroid dienone is 1. The first-order valence-corrected chi connectivity index (χ1v) is 10.3. The minimum absolute atomic E-state index is 0.107. The number of carboxylic acids is 1. The molecule has 2 aliphatic heterocycles. The first-order chi connectivity index (χ1) is 14.6. The number of Topliss-reactive ketones (excluding diaryl/α,β-unsaturated/α-hetero) is 1. The van der Waals surface area contributed by atoms with E-state index in [1.54, 1.807) is 0 Å². The second-order valence-corrected chi connectivity index (χ2v) is 7.96. The SMILES string of the molecule is O=C1Cc2ccccc2/C1=C1\OCc2cc(CCN3CCOCC3C(=O)O)ccc21. The van der Waals surface area contributed by atoms with E-state index in [9.17, 15) is 14.7 Å². The molecule has 2 aromatic carbocycles. The van der Waals surface area contributed by atoms with Crippen LogP contribution in [0.2, 0.25) is 0 Å². The van der Waals surface area contributed by atoms with Gasteiger partial charge in [-0.1, -0.05) is 42.5 Å². The highest BCUT2D eigenvalue weighted by Gasteiger charge is 2.32. The molecule has 0 aromatic heterocycles. The minimum atomic E-state index is -0.838. The summed E-state index contributed by atoms with van der Waals surface area (Å²) in [6.07, 6.45) is 1.18. The lowest BCUT2D eigenvalue weighted by Crippen LogP contribution is -2.50. The quantitative estimate of drug-likeness (QED) is 0.788. The zero-order chi connectivity index (χ0) is 20.7. The Morgan fingerprint density at radius 1 is 1.13 bits per heavy atom. The highest BCUT2D eigenvalue weighted by molar-refractivity contribution is 6.31. The van der Waals surface area contributed by atoms with E-state index < -0.39 is 12.0 Å². The number of fused-ring (bicyclic) bond motifs is 2. The maximum atomic E-state index is 12.7. The zero-order valence-corrected chi connectivity index (χ0v) is 16.6. The van der Waals surface area contributed by atoms with Crippen LogP contribution in [0, 0.1) is 0 Å². The van der Waals surface area contributed by atoms with E-state index in [1.807, 2.05) is 35.2 Å². The van der Waals surface area contributed by atoms with Gasteiger partial charge in [-0.3, -0.25) is 14.5 Å². The van der Waals surface area contributed by atoms with Crippen molar-refractivity contribution in [3.8, 4) is 0 Å². The van der Waals surface area contributed by atoms with Gasteiger partial charge in [-0.2, -0.15) is 0 Å². The van der Waals surface area contributed by atoms with E-state index in [1.165, 1.54) is 0 Å². The van der Waals surface area contributed by atoms with Crippen molar-refractivity contribution < 1.29 is 24.2 Å². The van der Waals surface area contributed by atoms with Crippen molar-refractivity contribution in [2.45, 2.75) is 25.5 Å². The second-order valence-electron chi connectivity index (χ2n) is 7.96. The van der Waals surface area contributed by atoms with Crippen LogP contribution in [0.25, 0.3) is 11.3 Å². The molecule has 30 heavy (non-hydrogen) atoms. The summed E-state index contributed by atoms with van der Waals surface area (Å²) in [5, 5.41) is 9.39. The Morgan fingerprint density at radius 3 is 2.87 bits per heavy atom. The number of ketones is 1. The monoisotopic (exact) mass is 405 g/mol. The highest BCUT2D eigenvalue weighted by Crippen LogP contribution is 2.40. The smallest absolute Gasteiger partial charge is 0.323 e. The van der Waals surface area contributed by atoms with Gasteiger partial charge in [0.15, 0.2) is 5.78 Å². The summed E-state index contributed by atoms with van der Waals surface area (Å²) in [5.41, 5.74) is 5.91. The Bertz CT molecular complexity index is 1060. The van der Waals surface area contributed by atoms with Crippen molar-refractivity contribution in [2.24, 2.45) is 0 Å². The lowest BCUT2D eigenvalue weighted by Gasteiger charge is -2.32. The average molecular weight is 405 g/mol. The molecule has 2 aromatic rings. The van der Waals surface area contributed by atoms with Gasteiger partial charge in [-0.15, -0.1) is 0 Å². The van der Waals surface area contributed by atoms with Gasteiger partial charge in [0.05, 0.1) is 18.8 Å². The lowest BCUT2D eigenvalue weighted by molar-refractivity contribution is -0.149. The van der Waals surface area contributed by atoms with E-state index >= 15 is 0 Å². The van der Waals surface area contributed by atoms with Crippen LogP contribution in [0.4, 0.5) is 0 Å². The van der Waals surface area contributed by atoms with Gasteiger partial charge < -0.3 is 14.6 Å². The third kappa shape index (κ3) is 3.32. The Balaban J connectivity index is 1.37. The molecule has 0 amide bonds. The van der Waals surface area contributed by atoms with Crippen molar-refractivity contribution in [1.29, 1.82) is 0 Å². The van der Waals surface area contributed by atoms with E-state index in [0.29, 0.717) is 44.1 Å². The molecule has 1 N–H and O–H groups in total. The van der Waals surface area contributed by atoms with Crippen LogP contribution in [0.5, 0.6) is 0 Å².